The second kappa shape index (κ2) is 4.98. The van der Waals surface area contributed by atoms with E-state index in [1.807, 2.05) is 6.07 Å². The minimum atomic E-state index is -0.0202. The summed E-state index contributed by atoms with van der Waals surface area (Å²) in [5, 5.41) is 0. The Balaban J connectivity index is 1.76. The minimum Gasteiger partial charge on any atom is -0.352 e. The molecule has 0 saturated carbocycles. The van der Waals surface area contributed by atoms with Gasteiger partial charge in [0.05, 0.1) is 13.2 Å². The van der Waals surface area contributed by atoms with E-state index >= 15 is 0 Å². The maximum Gasteiger partial charge on any atom is 0.157 e. The Morgan fingerprint density at radius 2 is 1.75 bits per heavy atom. The van der Waals surface area contributed by atoms with Crippen molar-refractivity contribution in [2.24, 2.45) is 5.41 Å². The molecule has 2 heteroatoms. The Morgan fingerprint density at radius 3 is 2.38 bits per heavy atom. The van der Waals surface area contributed by atoms with Crippen molar-refractivity contribution < 1.29 is 9.47 Å². The molecule has 1 aliphatic heterocycles. The number of hydrogen-bond donors (Lipinski definition) is 0. The molecule has 0 bridgehead atoms. The SMILES string of the molecule is CC1(C)COC(CCc2ccccc2)OC1. The summed E-state index contributed by atoms with van der Waals surface area (Å²) in [6, 6.07) is 10.5. The smallest absolute Gasteiger partial charge is 0.157 e. The first-order valence-corrected chi connectivity index (χ1v) is 5.93. The summed E-state index contributed by atoms with van der Waals surface area (Å²) >= 11 is 0. The largest absolute Gasteiger partial charge is 0.352 e. The normalized spacial score (nSPS) is 20.9. The van der Waals surface area contributed by atoms with Crippen molar-refractivity contribution in [1.29, 1.82) is 0 Å². The molecule has 0 spiro atoms. The number of benzene rings is 1. The molecule has 0 atom stereocenters. The van der Waals surface area contributed by atoms with Crippen LogP contribution in [0.15, 0.2) is 30.3 Å². The molecule has 1 fully saturated rings. The summed E-state index contributed by atoms with van der Waals surface area (Å²) in [6.07, 6.45) is 1.94. The van der Waals surface area contributed by atoms with Crippen molar-refractivity contribution >= 4 is 0 Å². The van der Waals surface area contributed by atoms with Crippen molar-refractivity contribution in [3.05, 3.63) is 35.9 Å². The summed E-state index contributed by atoms with van der Waals surface area (Å²) in [5.74, 6) is 0. The first-order chi connectivity index (χ1) is 7.66. The molecule has 0 radical (unpaired) electrons. The highest BCUT2D eigenvalue weighted by atomic mass is 16.7. The van der Waals surface area contributed by atoms with Gasteiger partial charge in [-0.15, -0.1) is 0 Å². The molecular formula is C14H20O2. The van der Waals surface area contributed by atoms with Gasteiger partial charge in [-0.25, -0.2) is 0 Å². The van der Waals surface area contributed by atoms with Crippen LogP contribution >= 0.6 is 0 Å². The Bertz CT molecular complexity index is 309. The maximum absolute atomic E-state index is 5.69. The van der Waals surface area contributed by atoms with Gasteiger partial charge < -0.3 is 9.47 Å². The molecule has 1 aliphatic rings. The number of ether oxygens (including phenoxy) is 2. The summed E-state index contributed by atoms with van der Waals surface area (Å²) < 4.78 is 11.4. The quantitative estimate of drug-likeness (QED) is 0.779. The van der Waals surface area contributed by atoms with Gasteiger partial charge in [0.2, 0.25) is 0 Å². The lowest BCUT2D eigenvalue weighted by Gasteiger charge is -2.34. The average Bonchev–Trinajstić information content (AvgIpc) is 2.29. The zero-order chi connectivity index (χ0) is 11.4. The second-order valence-electron chi connectivity index (χ2n) is 5.24. The van der Waals surface area contributed by atoms with Crippen LogP contribution in [0.25, 0.3) is 0 Å². The highest BCUT2D eigenvalue weighted by Gasteiger charge is 2.27. The third kappa shape index (κ3) is 3.32. The van der Waals surface area contributed by atoms with E-state index in [1.165, 1.54) is 5.56 Å². The van der Waals surface area contributed by atoms with E-state index in [4.69, 9.17) is 9.47 Å². The van der Waals surface area contributed by atoms with Crippen LogP contribution in [0.4, 0.5) is 0 Å². The predicted molar refractivity (Wildman–Crippen MR) is 64.2 cm³/mol. The van der Waals surface area contributed by atoms with Gasteiger partial charge >= 0.3 is 0 Å². The molecular weight excluding hydrogens is 200 g/mol. The minimum absolute atomic E-state index is 0.0202. The van der Waals surface area contributed by atoms with Gasteiger partial charge in [-0.1, -0.05) is 44.2 Å². The number of rotatable bonds is 3. The molecule has 1 aromatic carbocycles. The van der Waals surface area contributed by atoms with Crippen molar-refractivity contribution in [1.82, 2.24) is 0 Å². The highest BCUT2D eigenvalue weighted by Crippen LogP contribution is 2.24. The number of hydrogen-bond acceptors (Lipinski definition) is 2. The fourth-order valence-electron chi connectivity index (χ4n) is 1.82. The van der Waals surface area contributed by atoms with Crippen LogP contribution in [0.2, 0.25) is 0 Å². The van der Waals surface area contributed by atoms with E-state index < -0.39 is 0 Å². The standard InChI is InChI=1S/C14H20O2/c1-14(2)10-15-13(16-11-14)9-8-12-6-4-3-5-7-12/h3-7,13H,8-11H2,1-2H3. The van der Waals surface area contributed by atoms with Gasteiger partial charge in [0.25, 0.3) is 0 Å². The van der Waals surface area contributed by atoms with Gasteiger partial charge in [0, 0.05) is 11.8 Å². The van der Waals surface area contributed by atoms with E-state index in [9.17, 15) is 0 Å². The Labute approximate surface area is 97.6 Å². The zero-order valence-electron chi connectivity index (χ0n) is 10.1. The van der Waals surface area contributed by atoms with Gasteiger partial charge in [-0.05, 0) is 12.0 Å². The lowest BCUT2D eigenvalue weighted by Crippen LogP contribution is -2.37. The van der Waals surface area contributed by atoms with Crippen LogP contribution < -0.4 is 0 Å². The fraction of sp³-hybridized carbons (Fsp3) is 0.571. The molecule has 2 nitrogen and oxygen atoms in total. The zero-order valence-corrected chi connectivity index (χ0v) is 10.1. The molecule has 1 saturated heterocycles. The van der Waals surface area contributed by atoms with E-state index in [2.05, 4.69) is 38.1 Å². The van der Waals surface area contributed by atoms with Crippen molar-refractivity contribution in [2.75, 3.05) is 13.2 Å². The third-order valence-electron chi connectivity index (χ3n) is 2.83. The maximum atomic E-state index is 5.69. The summed E-state index contributed by atoms with van der Waals surface area (Å²) in [5.41, 5.74) is 1.52. The van der Waals surface area contributed by atoms with E-state index in [0.717, 1.165) is 26.1 Å². The molecule has 16 heavy (non-hydrogen) atoms. The van der Waals surface area contributed by atoms with Crippen LogP contribution in [0.3, 0.4) is 0 Å². The molecule has 1 heterocycles. The van der Waals surface area contributed by atoms with Gasteiger partial charge in [0.15, 0.2) is 6.29 Å². The van der Waals surface area contributed by atoms with Crippen LogP contribution in [0.5, 0.6) is 0 Å². The third-order valence-corrected chi connectivity index (χ3v) is 2.83. The molecule has 0 aliphatic carbocycles. The lowest BCUT2D eigenvalue weighted by molar-refractivity contribution is -0.223. The van der Waals surface area contributed by atoms with Crippen molar-refractivity contribution in [2.45, 2.75) is 33.0 Å². The first-order valence-electron chi connectivity index (χ1n) is 5.93. The molecule has 0 unspecified atom stereocenters. The van der Waals surface area contributed by atoms with E-state index in [1.54, 1.807) is 0 Å². The monoisotopic (exact) mass is 220 g/mol. The fourth-order valence-corrected chi connectivity index (χ4v) is 1.82. The highest BCUT2D eigenvalue weighted by molar-refractivity contribution is 5.14. The van der Waals surface area contributed by atoms with Gasteiger partial charge in [-0.3, -0.25) is 0 Å². The Morgan fingerprint density at radius 1 is 1.12 bits per heavy atom. The van der Waals surface area contributed by atoms with Gasteiger partial charge in [0.1, 0.15) is 0 Å². The van der Waals surface area contributed by atoms with Crippen LogP contribution in [0.1, 0.15) is 25.8 Å². The molecule has 2 rings (SSSR count). The van der Waals surface area contributed by atoms with Crippen LogP contribution in [-0.4, -0.2) is 19.5 Å². The number of aryl methyl sites for hydroxylation is 1. The predicted octanol–water partition coefficient (Wildman–Crippen LogP) is 3.02. The van der Waals surface area contributed by atoms with Crippen LogP contribution in [-0.2, 0) is 15.9 Å². The summed E-state index contributed by atoms with van der Waals surface area (Å²) in [7, 11) is 0. The second-order valence-corrected chi connectivity index (χ2v) is 5.24. The Kier molecular flexibility index (Phi) is 3.62. The molecule has 1 aromatic rings. The Hall–Kier alpha value is -0.860. The van der Waals surface area contributed by atoms with E-state index in [-0.39, 0.29) is 11.7 Å². The summed E-state index contributed by atoms with van der Waals surface area (Å²) in [6.45, 7) is 5.93. The molecule has 88 valence electrons. The average molecular weight is 220 g/mol. The molecule has 0 amide bonds. The van der Waals surface area contributed by atoms with Crippen molar-refractivity contribution in [3.63, 3.8) is 0 Å². The van der Waals surface area contributed by atoms with Crippen LogP contribution in [0, 0.1) is 5.41 Å². The van der Waals surface area contributed by atoms with Gasteiger partial charge in [-0.2, -0.15) is 0 Å². The summed E-state index contributed by atoms with van der Waals surface area (Å²) in [4.78, 5) is 0. The molecule has 0 N–H and O–H groups in total. The van der Waals surface area contributed by atoms with E-state index in [0.29, 0.717) is 0 Å². The van der Waals surface area contributed by atoms with Crippen molar-refractivity contribution in [3.8, 4) is 0 Å². The topological polar surface area (TPSA) is 18.5 Å². The lowest BCUT2D eigenvalue weighted by atomic mass is 9.95. The first kappa shape index (κ1) is 11.6. The molecule has 0 aromatic heterocycles.